The average Bonchev–Trinajstić information content (AvgIpc) is 3.47. The molecule has 460 valence electrons. The van der Waals surface area contributed by atoms with E-state index in [0.717, 1.165) is 103 Å². The highest BCUT2D eigenvalue weighted by Gasteiger charge is 2.19. The fourth-order valence-electron chi connectivity index (χ4n) is 9.09. The van der Waals surface area contributed by atoms with E-state index in [1.807, 2.05) is 6.08 Å². The first kappa shape index (κ1) is 76.5. The number of carbonyl (C=O) groups is 3. The molecule has 0 aliphatic carbocycles. The Kier molecular flexibility index (Phi) is 64.3. The van der Waals surface area contributed by atoms with Gasteiger partial charge in [0.15, 0.2) is 6.10 Å². The summed E-state index contributed by atoms with van der Waals surface area (Å²) >= 11 is 0. The molecule has 0 saturated carbocycles. The normalized spacial score (nSPS) is 13.0. The number of carbonyl (C=O) groups excluding carboxylic acids is 3. The van der Waals surface area contributed by atoms with Gasteiger partial charge in [0.1, 0.15) is 13.2 Å². The summed E-state index contributed by atoms with van der Waals surface area (Å²) in [4.78, 5) is 38.4. The molecule has 0 rings (SSSR count). The molecule has 0 aromatic carbocycles. The van der Waals surface area contributed by atoms with Crippen molar-refractivity contribution in [3.8, 4) is 0 Å². The standard InChI is InChI=1S/C75H124O6/c1-4-7-10-13-16-19-22-25-28-31-34-36-37-39-41-44-47-50-53-56-59-62-65-68-74(77)80-71-72(70-79-73(76)67-64-61-58-55-52-49-46-43-40-33-30-27-24-21-18-15-12-9-6-3)81-75(78)69-66-63-60-57-54-51-48-45-42-38-35-32-29-26-23-20-17-14-11-8-5-2/h9,12,18,21-23,25-27,30-32,34-35,37,39-40,43,49,52,58,61,72H,4-8,10-11,13-17,19-20,24,28-29,33,36,38,41-42,44-48,50-51,53-57,59-60,62-71H2,1-3H3/b12-9-,21-18-,25-22-,26-23-,30-27-,34-31-,35-32-,39-37-,43-40-,52-49-,61-58-. The summed E-state index contributed by atoms with van der Waals surface area (Å²) in [5.41, 5.74) is 0. The first-order valence-electron chi connectivity index (χ1n) is 33.7. The Balaban J connectivity index is 4.51. The molecule has 0 aromatic rings. The van der Waals surface area contributed by atoms with Gasteiger partial charge >= 0.3 is 17.9 Å². The first-order chi connectivity index (χ1) is 40.0. The van der Waals surface area contributed by atoms with Gasteiger partial charge in [0.2, 0.25) is 0 Å². The quantitative estimate of drug-likeness (QED) is 0.0261. The number of rotatable bonds is 60. The Morgan fingerprint density at radius 1 is 0.259 bits per heavy atom. The van der Waals surface area contributed by atoms with Crippen molar-refractivity contribution in [3.63, 3.8) is 0 Å². The van der Waals surface area contributed by atoms with Crippen LogP contribution >= 0.6 is 0 Å². The van der Waals surface area contributed by atoms with E-state index in [4.69, 9.17) is 14.2 Å². The zero-order valence-corrected chi connectivity index (χ0v) is 52.8. The Bertz CT molecular complexity index is 1720. The Labute approximate surface area is 500 Å². The maximum atomic E-state index is 12.9. The lowest BCUT2D eigenvalue weighted by molar-refractivity contribution is -0.166. The highest BCUT2D eigenvalue weighted by Crippen LogP contribution is 2.15. The summed E-state index contributed by atoms with van der Waals surface area (Å²) in [7, 11) is 0. The Morgan fingerprint density at radius 3 is 0.827 bits per heavy atom. The van der Waals surface area contributed by atoms with E-state index in [-0.39, 0.29) is 37.5 Å². The lowest BCUT2D eigenvalue weighted by atomic mass is 10.1. The van der Waals surface area contributed by atoms with Gasteiger partial charge < -0.3 is 14.2 Å². The molecule has 0 bridgehead atoms. The van der Waals surface area contributed by atoms with Crippen molar-refractivity contribution in [3.05, 3.63) is 134 Å². The number of esters is 3. The van der Waals surface area contributed by atoms with E-state index in [9.17, 15) is 14.4 Å². The van der Waals surface area contributed by atoms with Gasteiger partial charge in [0.05, 0.1) is 0 Å². The highest BCUT2D eigenvalue weighted by atomic mass is 16.6. The predicted molar refractivity (Wildman–Crippen MR) is 353 cm³/mol. The van der Waals surface area contributed by atoms with Crippen LogP contribution in [0, 0.1) is 0 Å². The van der Waals surface area contributed by atoms with E-state index in [1.165, 1.54) is 154 Å². The van der Waals surface area contributed by atoms with Crippen LogP contribution in [0.25, 0.3) is 0 Å². The van der Waals surface area contributed by atoms with Crippen LogP contribution in [-0.2, 0) is 28.6 Å². The minimum atomic E-state index is -0.821. The monoisotopic (exact) mass is 1120 g/mol. The van der Waals surface area contributed by atoms with Crippen LogP contribution in [0.1, 0.15) is 303 Å². The second kappa shape index (κ2) is 68.1. The second-order valence-electron chi connectivity index (χ2n) is 22.0. The van der Waals surface area contributed by atoms with Crippen LogP contribution in [-0.4, -0.2) is 37.2 Å². The van der Waals surface area contributed by atoms with E-state index in [2.05, 4.69) is 148 Å². The van der Waals surface area contributed by atoms with Crippen LogP contribution in [0.2, 0.25) is 0 Å². The van der Waals surface area contributed by atoms with Gasteiger partial charge in [0, 0.05) is 19.3 Å². The van der Waals surface area contributed by atoms with Crippen LogP contribution in [0.5, 0.6) is 0 Å². The lowest BCUT2D eigenvalue weighted by Crippen LogP contribution is -2.30. The van der Waals surface area contributed by atoms with Gasteiger partial charge in [-0.2, -0.15) is 0 Å². The van der Waals surface area contributed by atoms with Crippen LogP contribution in [0.15, 0.2) is 134 Å². The SMILES string of the molecule is CC/C=C\C/C=C\C/C=C\C/C=C\C/C=C\C/C=C\CCC(=O)OCC(COC(=O)CCCCCCCCCC/C=C\C/C=C\C/C=C\CCCCCCC)OC(=O)CCCCCCCCCCC/C=C\C/C=C\CCCCCCC. The number of hydrogen-bond donors (Lipinski definition) is 0. The molecule has 81 heavy (non-hydrogen) atoms. The van der Waals surface area contributed by atoms with E-state index in [1.54, 1.807) is 0 Å². The average molecular weight is 1120 g/mol. The van der Waals surface area contributed by atoms with Gasteiger partial charge in [-0.1, -0.05) is 289 Å². The molecule has 6 heteroatoms. The first-order valence-corrected chi connectivity index (χ1v) is 33.7. The molecule has 0 radical (unpaired) electrons. The number of ether oxygens (including phenoxy) is 3. The highest BCUT2D eigenvalue weighted by molar-refractivity contribution is 5.71. The number of unbranched alkanes of at least 4 members (excludes halogenated alkanes) is 27. The smallest absolute Gasteiger partial charge is 0.306 e. The predicted octanol–water partition coefficient (Wildman–Crippen LogP) is 23.3. The van der Waals surface area contributed by atoms with E-state index in [0.29, 0.717) is 19.3 Å². The molecule has 0 N–H and O–H groups in total. The van der Waals surface area contributed by atoms with Gasteiger partial charge in [-0.15, -0.1) is 0 Å². The minimum Gasteiger partial charge on any atom is -0.462 e. The third-order valence-electron chi connectivity index (χ3n) is 14.1. The number of hydrogen-bond acceptors (Lipinski definition) is 6. The molecule has 6 nitrogen and oxygen atoms in total. The molecular formula is C75H124O6. The molecule has 0 aliphatic rings. The maximum Gasteiger partial charge on any atom is 0.306 e. The maximum absolute atomic E-state index is 12.9. The van der Waals surface area contributed by atoms with Gasteiger partial charge in [-0.3, -0.25) is 14.4 Å². The molecule has 0 spiro atoms. The molecule has 0 heterocycles. The Morgan fingerprint density at radius 2 is 0.506 bits per heavy atom. The van der Waals surface area contributed by atoms with Crippen molar-refractivity contribution >= 4 is 17.9 Å². The van der Waals surface area contributed by atoms with E-state index < -0.39 is 6.10 Å². The van der Waals surface area contributed by atoms with Crippen molar-refractivity contribution in [1.82, 2.24) is 0 Å². The topological polar surface area (TPSA) is 78.9 Å². The van der Waals surface area contributed by atoms with Crippen LogP contribution in [0.3, 0.4) is 0 Å². The lowest BCUT2D eigenvalue weighted by Gasteiger charge is -2.18. The molecule has 0 saturated heterocycles. The van der Waals surface area contributed by atoms with Crippen molar-refractivity contribution in [2.24, 2.45) is 0 Å². The molecule has 0 aliphatic heterocycles. The summed E-state index contributed by atoms with van der Waals surface area (Å²) in [6.07, 6.45) is 96.1. The van der Waals surface area contributed by atoms with Crippen molar-refractivity contribution in [2.45, 2.75) is 309 Å². The summed E-state index contributed by atoms with van der Waals surface area (Å²) in [6, 6.07) is 0. The number of allylic oxidation sites excluding steroid dienone is 22. The summed E-state index contributed by atoms with van der Waals surface area (Å²) < 4.78 is 16.9. The summed E-state index contributed by atoms with van der Waals surface area (Å²) in [5, 5.41) is 0. The summed E-state index contributed by atoms with van der Waals surface area (Å²) in [5.74, 6) is -1.00. The zero-order chi connectivity index (χ0) is 58.5. The van der Waals surface area contributed by atoms with Crippen LogP contribution < -0.4 is 0 Å². The van der Waals surface area contributed by atoms with E-state index >= 15 is 0 Å². The van der Waals surface area contributed by atoms with Gasteiger partial charge in [-0.25, -0.2) is 0 Å². The zero-order valence-electron chi connectivity index (χ0n) is 52.8. The van der Waals surface area contributed by atoms with Crippen LogP contribution in [0.4, 0.5) is 0 Å². The van der Waals surface area contributed by atoms with Crippen molar-refractivity contribution < 1.29 is 28.6 Å². The Hall–Kier alpha value is -4.45. The van der Waals surface area contributed by atoms with Crippen molar-refractivity contribution in [1.29, 1.82) is 0 Å². The third-order valence-corrected chi connectivity index (χ3v) is 14.1. The minimum absolute atomic E-state index is 0.110. The third kappa shape index (κ3) is 66.2. The molecule has 0 amide bonds. The molecule has 1 unspecified atom stereocenters. The van der Waals surface area contributed by atoms with Gasteiger partial charge in [-0.05, 0) is 128 Å². The van der Waals surface area contributed by atoms with Gasteiger partial charge in [0.25, 0.3) is 0 Å². The fraction of sp³-hybridized carbons (Fsp3) is 0.667. The second-order valence-corrected chi connectivity index (χ2v) is 22.0. The van der Waals surface area contributed by atoms with Crippen molar-refractivity contribution in [2.75, 3.05) is 13.2 Å². The fourth-order valence-corrected chi connectivity index (χ4v) is 9.09. The largest absolute Gasteiger partial charge is 0.462 e. The molecule has 0 fully saturated rings. The molecule has 0 aromatic heterocycles. The molecular weight excluding hydrogens is 997 g/mol. The summed E-state index contributed by atoms with van der Waals surface area (Å²) in [6.45, 7) is 6.45. The molecule has 1 atom stereocenters.